The number of hydrogen-bond donors (Lipinski definition) is 0. The van der Waals surface area contributed by atoms with E-state index in [0.29, 0.717) is 0 Å². The van der Waals surface area contributed by atoms with Gasteiger partial charge in [0, 0.05) is 16.5 Å². The first-order chi connectivity index (χ1) is 10.4. The van der Waals surface area contributed by atoms with Gasteiger partial charge in [0.05, 0.1) is 15.5 Å². The van der Waals surface area contributed by atoms with Gasteiger partial charge in [-0.15, -0.1) is 0 Å². The minimum atomic E-state index is 0.924. The molecule has 0 fully saturated rings. The summed E-state index contributed by atoms with van der Waals surface area (Å²) in [7, 11) is 0. The molecule has 4 aromatic rings. The van der Waals surface area contributed by atoms with Crippen LogP contribution in [0, 0.1) is 4.51 Å². The fourth-order valence-electron chi connectivity index (χ4n) is 2.85. The molecule has 0 spiro atoms. The van der Waals surface area contributed by atoms with Gasteiger partial charge >= 0.3 is 0 Å². The maximum Gasteiger partial charge on any atom is 0.0563 e. The second kappa shape index (κ2) is 4.83. The minimum absolute atomic E-state index is 0.924. The van der Waals surface area contributed by atoms with E-state index in [1.165, 1.54) is 0 Å². The molecule has 0 aliphatic carbocycles. The van der Waals surface area contributed by atoms with Crippen LogP contribution in [0.25, 0.3) is 27.5 Å². The Hall–Kier alpha value is -2.45. The molecule has 0 amide bonds. The number of nitrogens with zero attached hydrogens (tertiary/aromatic N) is 1. The molecule has 0 N–H and O–H groups in total. The molecule has 3 aromatic carbocycles. The van der Waals surface area contributed by atoms with Gasteiger partial charge in [0.2, 0.25) is 0 Å². The molecule has 0 radical (unpaired) electrons. The first kappa shape index (κ1) is 12.3. The highest BCUT2D eigenvalue weighted by Crippen LogP contribution is 2.28. The second-order valence-corrected chi connectivity index (χ2v) is 5.44. The molecule has 0 saturated carbocycles. The Morgan fingerprint density at radius 1 is 0.571 bits per heavy atom. The van der Waals surface area contributed by atoms with Gasteiger partial charge in [0.15, 0.2) is 0 Å². The Bertz CT molecular complexity index is 940. The van der Waals surface area contributed by atoms with Gasteiger partial charge in [-0.2, -0.15) is 0 Å². The Morgan fingerprint density at radius 3 is 1.62 bits per heavy atom. The summed E-state index contributed by atoms with van der Waals surface area (Å²) < 4.78 is 3.20. The SMILES string of the molecule is S=c1c2ccccc2n(-c2ccccc2)c2ccccc12. The van der Waals surface area contributed by atoms with Crippen LogP contribution in [0.3, 0.4) is 0 Å². The molecule has 0 aliphatic rings. The molecule has 0 bridgehead atoms. The van der Waals surface area contributed by atoms with Gasteiger partial charge in [-0.25, -0.2) is 0 Å². The zero-order chi connectivity index (χ0) is 14.2. The Morgan fingerprint density at radius 2 is 1.05 bits per heavy atom. The summed E-state index contributed by atoms with van der Waals surface area (Å²) in [5.41, 5.74) is 3.44. The van der Waals surface area contributed by atoms with Crippen molar-refractivity contribution >= 4 is 34.0 Å². The van der Waals surface area contributed by atoms with Crippen molar-refractivity contribution in [3.63, 3.8) is 0 Å². The maximum absolute atomic E-state index is 5.69. The minimum Gasteiger partial charge on any atom is -0.309 e. The normalized spacial score (nSPS) is 11.0. The fourth-order valence-corrected chi connectivity index (χ4v) is 3.20. The highest BCUT2D eigenvalue weighted by molar-refractivity contribution is 7.72. The van der Waals surface area contributed by atoms with E-state index < -0.39 is 0 Å². The Labute approximate surface area is 128 Å². The van der Waals surface area contributed by atoms with E-state index in [4.69, 9.17) is 12.2 Å². The van der Waals surface area contributed by atoms with E-state index in [9.17, 15) is 0 Å². The number of rotatable bonds is 1. The summed E-state index contributed by atoms with van der Waals surface area (Å²) in [6, 6.07) is 27.1. The number of hydrogen-bond acceptors (Lipinski definition) is 1. The van der Waals surface area contributed by atoms with Crippen molar-refractivity contribution < 1.29 is 0 Å². The molecule has 0 aliphatic heterocycles. The average molecular weight is 287 g/mol. The second-order valence-electron chi connectivity index (χ2n) is 5.03. The fraction of sp³-hybridized carbons (Fsp3) is 0. The number of aromatic nitrogens is 1. The van der Waals surface area contributed by atoms with Gasteiger partial charge in [-0.1, -0.05) is 66.8 Å². The van der Waals surface area contributed by atoms with Gasteiger partial charge in [0.25, 0.3) is 0 Å². The van der Waals surface area contributed by atoms with Crippen LogP contribution in [0.1, 0.15) is 0 Å². The molecular weight excluding hydrogens is 274 g/mol. The van der Waals surface area contributed by atoms with Crippen LogP contribution < -0.4 is 0 Å². The van der Waals surface area contributed by atoms with E-state index >= 15 is 0 Å². The van der Waals surface area contributed by atoms with Crippen LogP contribution in [0.2, 0.25) is 0 Å². The van der Waals surface area contributed by atoms with Gasteiger partial charge in [-0.3, -0.25) is 0 Å². The maximum atomic E-state index is 5.69. The van der Waals surface area contributed by atoms with Crippen LogP contribution in [0.15, 0.2) is 78.9 Å². The lowest BCUT2D eigenvalue weighted by atomic mass is 10.1. The molecule has 0 saturated heterocycles. The highest BCUT2D eigenvalue weighted by Gasteiger charge is 2.08. The van der Waals surface area contributed by atoms with Crippen LogP contribution in [0.4, 0.5) is 0 Å². The summed E-state index contributed by atoms with van der Waals surface area (Å²) in [6.45, 7) is 0. The summed E-state index contributed by atoms with van der Waals surface area (Å²) >= 11 is 5.69. The Kier molecular flexibility index (Phi) is 2.83. The summed E-state index contributed by atoms with van der Waals surface area (Å²) in [5, 5.41) is 2.24. The standard InChI is InChI=1S/C19H13NS/c21-19-15-10-4-6-12-17(15)20(14-8-2-1-3-9-14)18-13-7-5-11-16(18)19/h1-13H. The summed E-state index contributed by atoms with van der Waals surface area (Å²) in [4.78, 5) is 0. The molecule has 0 atom stereocenters. The zero-order valence-electron chi connectivity index (χ0n) is 11.4. The first-order valence-electron chi connectivity index (χ1n) is 6.94. The van der Waals surface area contributed by atoms with Crippen LogP contribution in [-0.2, 0) is 0 Å². The first-order valence-corrected chi connectivity index (χ1v) is 7.35. The molecule has 1 heterocycles. The summed E-state index contributed by atoms with van der Waals surface area (Å²) in [5.74, 6) is 0. The van der Waals surface area contributed by atoms with Crippen molar-refractivity contribution in [1.82, 2.24) is 4.57 Å². The Balaban J connectivity index is 2.31. The quantitative estimate of drug-likeness (QED) is 0.330. The third kappa shape index (κ3) is 1.88. The number of para-hydroxylation sites is 3. The molecule has 100 valence electrons. The van der Waals surface area contributed by atoms with Crippen molar-refractivity contribution in [2.45, 2.75) is 0 Å². The lowest BCUT2D eigenvalue weighted by Crippen LogP contribution is -2.00. The van der Waals surface area contributed by atoms with Crippen molar-refractivity contribution in [1.29, 1.82) is 0 Å². The molecule has 0 unspecified atom stereocenters. The third-order valence-electron chi connectivity index (χ3n) is 3.79. The molecule has 21 heavy (non-hydrogen) atoms. The van der Waals surface area contributed by atoms with E-state index in [1.54, 1.807) is 0 Å². The molecule has 4 rings (SSSR count). The summed E-state index contributed by atoms with van der Waals surface area (Å²) in [6.07, 6.45) is 0. The van der Waals surface area contributed by atoms with Crippen molar-refractivity contribution in [3.05, 3.63) is 83.4 Å². The molecule has 1 aromatic heterocycles. The van der Waals surface area contributed by atoms with Gasteiger partial charge < -0.3 is 4.57 Å². The predicted molar refractivity (Wildman–Crippen MR) is 91.6 cm³/mol. The van der Waals surface area contributed by atoms with E-state index in [-0.39, 0.29) is 0 Å². The van der Waals surface area contributed by atoms with Gasteiger partial charge in [-0.05, 0) is 24.3 Å². The van der Waals surface area contributed by atoms with Crippen LogP contribution in [0.5, 0.6) is 0 Å². The largest absolute Gasteiger partial charge is 0.309 e. The van der Waals surface area contributed by atoms with E-state index in [1.807, 2.05) is 18.2 Å². The average Bonchev–Trinajstić information content (AvgIpc) is 2.56. The highest BCUT2D eigenvalue weighted by atomic mass is 32.1. The van der Waals surface area contributed by atoms with Crippen molar-refractivity contribution in [2.75, 3.05) is 0 Å². The zero-order valence-corrected chi connectivity index (χ0v) is 12.2. The molecule has 2 heteroatoms. The van der Waals surface area contributed by atoms with E-state index in [0.717, 1.165) is 32.0 Å². The molecule has 1 nitrogen and oxygen atoms in total. The lowest BCUT2D eigenvalue weighted by Gasteiger charge is -2.15. The monoisotopic (exact) mass is 287 g/mol. The van der Waals surface area contributed by atoms with Crippen molar-refractivity contribution in [3.8, 4) is 5.69 Å². The van der Waals surface area contributed by atoms with Crippen LogP contribution >= 0.6 is 12.2 Å². The third-order valence-corrected chi connectivity index (χ3v) is 4.23. The predicted octanol–water partition coefficient (Wildman–Crippen LogP) is 5.51. The number of benzene rings is 3. The van der Waals surface area contributed by atoms with Crippen molar-refractivity contribution in [2.24, 2.45) is 0 Å². The smallest absolute Gasteiger partial charge is 0.0563 e. The lowest BCUT2D eigenvalue weighted by molar-refractivity contribution is 1.16. The number of pyridine rings is 1. The van der Waals surface area contributed by atoms with Gasteiger partial charge in [0.1, 0.15) is 0 Å². The topological polar surface area (TPSA) is 4.93 Å². The number of fused-ring (bicyclic) bond motifs is 2. The van der Waals surface area contributed by atoms with E-state index in [2.05, 4.69) is 65.2 Å². The molecular formula is C19H13NS. The van der Waals surface area contributed by atoms with Crippen LogP contribution in [-0.4, -0.2) is 4.57 Å².